The first-order chi connectivity index (χ1) is 8.63. The molecule has 1 heterocycles. The Hall–Kier alpha value is -1.39. The lowest BCUT2D eigenvalue weighted by Gasteiger charge is -2.08. The summed E-state index contributed by atoms with van der Waals surface area (Å²) in [5.41, 5.74) is 0. The number of amides is 1. The Morgan fingerprint density at radius 3 is 2.67 bits per heavy atom. The van der Waals surface area contributed by atoms with Crippen molar-refractivity contribution in [3.63, 3.8) is 0 Å². The van der Waals surface area contributed by atoms with E-state index in [1.54, 1.807) is 0 Å². The number of hydrogen-bond donors (Lipinski definition) is 1. The van der Waals surface area contributed by atoms with Gasteiger partial charge >= 0.3 is 5.97 Å². The van der Waals surface area contributed by atoms with Crippen molar-refractivity contribution in [3.8, 4) is 0 Å². The lowest BCUT2D eigenvalue weighted by atomic mass is 10.1. The Bertz CT molecular complexity index is 314. The van der Waals surface area contributed by atoms with Gasteiger partial charge in [0.05, 0.1) is 6.61 Å². The van der Waals surface area contributed by atoms with Gasteiger partial charge in [-0.25, -0.2) is 4.79 Å². The summed E-state index contributed by atoms with van der Waals surface area (Å²) in [6, 6.07) is -0.521. The number of ether oxygens (including phenoxy) is 1. The van der Waals surface area contributed by atoms with E-state index in [1.165, 1.54) is 0 Å². The van der Waals surface area contributed by atoms with Crippen molar-refractivity contribution in [1.29, 1.82) is 0 Å². The Kier molecular flexibility index (Phi) is 6.39. The van der Waals surface area contributed by atoms with Gasteiger partial charge in [0.2, 0.25) is 5.91 Å². The van der Waals surface area contributed by atoms with Crippen LogP contribution in [0.1, 0.15) is 51.9 Å². The lowest BCUT2D eigenvalue weighted by Crippen LogP contribution is -2.37. The van der Waals surface area contributed by atoms with Crippen LogP contribution in [0.15, 0.2) is 0 Å². The fraction of sp³-hybridized carbons (Fsp3) is 0.769. The van der Waals surface area contributed by atoms with Crippen molar-refractivity contribution in [2.24, 2.45) is 0 Å². The number of esters is 1. The van der Waals surface area contributed by atoms with Gasteiger partial charge in [0.1, 0.15) is 11.8 Å². The van der Waals surface area contributed by atoms with Gasteiger partial charge in [-0.15, -0.1) is 0 Å². The Morgan fingerprint density at radius 2 is 2.06 bits per heavy atom. The minimum Gasteiger partial charge on any atom is -0.464 e. The number of carbonyl (C=O) groups excluding carboxylic acids is 3. The minimum absolute atomic E-state index is 0.118. The monoisotopic (exact) mass is 255 g/mol. The van der Waals surface area contributed by atoms with Gasteiger partial charge < -0.3 is 10.1 Å². The van der Waals surface area contributed by atoms with Gasteiger partial charge in [0, 0.05) is 25.7 Å². The summed E-state index contributed by atoms with van der Waals surface area (Å²) in [7, 11) is 0. The fourth-order valence-electron chi connectivity index (χ4n) is 1.84. The van der Waals surface area contributed by atoms with Crippen LogP contribution in [0.25, 0.3) is 0 Å². The highest BCUT2D eigenvalue weighted by Gasteiger charge is 2.27. The number of rotatable bonds is 8. The van der Waals surface area contributed by atoms with Crippen molar-refractivity contribution < 1.29 is 19.1 Å². The standard InChI is InChI=1S/C13H21NO4/c1-2-3-4-5-10(15)6-7-12(16)14-11-8-9-18-13(11)17/h11H,2-9H2,1H3,(H,14,16)/t11-/m0/s1. The average Bonchev–Trinajstić information content (AvgIpc) is 2.73. The highest BCUT2D eigenvalue weighted by molar-refractivity contribution is 5.88. The van der Waals surface area contributed by atoms with E-state index in [-0.39, 0.29) is 30.5 Å². The molecular weight excluding hydrogens is 234 g/mol. The number of carbonyl (C=O) groups is 3. The molecule has 0 saturated carbocycles. The fourth-order valence-corrected chi connectivity index (χ4v) is 1.84. The van der Waals surface area contributed by atoms with E-state index in [0.717, 1.165) is 19.3 Å². The zero-order valence-corrected chi connectivity index (χ0v) is 10.9. The molecule has 1 saturated heterocycles. The Labute approximate surface area is 107 Å². The maximum atomic E-state index is 11.5. The minimum atomic E-state index is -0.521. The second-order valence-corrected chi connectivity index (χ2v) is 4.57. The molecule has 1 aliphatic rings. The number of nitrogens with one attached hydrogen (secondary N) is 1. The zero-order valence-electron chi connectivity index (χ0n) is 10.9. The van der Waals surface area contributed by atoms with Gasteiger partial charge in [0.15, 0.2) is 0 Å². The van der Waals surface area contributed by atoms with Gasteiger partial charge in [-0.05, 0) is 6.42 Å². The molecular formula is C13H21NO4. The summed E-state index contributed by atoms with van der Waals surface area (Å²) in [6.45, 7) is 2.44. The first kappa shape index (κ1) is 14.7. The van der Waals surface area contributed by atoms with Crippen molar-refractivity contribution in [3.05, 3.63) is 0 Å². The number of cyclic esters (lactones) is 1. The average molecular weight is 255 g/mol. The van der Waals surface area contributed by atoms with Crippen LogP contribution in [0.5, 0.6) is 0 Å². The number of Topliss-reactive ketones (excluding diaryl/α,β-unsaturated/α-hetero) is 1. The lowest BCUT2D eigenvalue weighted by molar-refractivity contribution is -0.141. The van der Waals surface area contributed by atoms with Crippen molar-refractivity contribution in [2.45, 2.75) is 57.9 Å². The summed E-state index contributed by atoms with van der Waals surface area (Å²) < 4.78 is 4.74. The largest absolute Gasteiger partial charge is 0.464 e. The molecule has 102 valence electrons. The topological polar surface area (TPSA) is 72.5 Å². The van der Waals surface area contributed by atoms with Crippen LogP contribution in [0.3, 0.4) is 0 Å². The summed E-state index contributed by atoms with van der Waals surface area (Å²) in [4.78, 5) is 34.1. The normalized spacial score (nSPS) is 18.5. The third-order valence-corrected chi connectivity index (χ3v) is 2.96. The van der Waals surface area contributed by atoms with Crippen LogP contribution >= 0.6 is 0 Å². The summed E-state index contributed by atoms with van der Waals surface area (Å²) in [6.07, 6.45) is 4.52. The van der Waals surface area contributed by atoms with Gasteiger partial charge in [-0.2, -0.15) is 0 Å². The van der Waals surface area contributed by atoms with E-state index in [2.05, 4.69) is 12.2 Å². The maximum Gasteiger partial charge on any atom is 0.328 e. The molecule has 1 aliphatic heterocycles. The van der Waals surface area contributed by atoms with E-state index in [9.17, 15) is 14.4 Å². The molecule has 5 nitrogen and oxygen atoms in total. The second-order valence-electron chi connectivity index (χ2n) is 4.57. The summed E-state index contributed by atoms with van der Waals surface area (Å²) in [5, 5.41) is 2.59. The number of unbranched alkanes of at least 4 members (excludes halogenated alkanes) is 2. The summed E-state index contributed by atoms with van der Waals surface area (Å²) >= 11 is 0. The van der Waals surface area contributed by atoms with Gasteiger partial charge in [-0.3, -0.25) is 9.59 Å². The van der Waals surface area contributed by atoms with Crippen LogP contribution in [-0.2, 0) is 19.1 Å². The predicted molar refractivity (Wildman–Crippen MR) is 65.9 cm³/mol. The van der Waals surface area contributed by atoms with Crippen molar-refractivity contribution >= 4 is 17.7 Å². The molecule has 1 atom stereocenters. The first-order valence-electron chi connectivity index (χ1n) is 6.61. The molecule has 0 aliphatic carbocycles. The van der Waals surface area contributed by atoms with Crippen molar-refractivity contribution in [2.75, 3.05) is 6.61 Å². The van der Waals surface area contributed by atoms with E-state index in [1.807, 2.05) is 0 Å². The number of hydrogen-bond acceptors (Lipinski definition) is 4. The highest BCUT2D eigenvalue weighted by atomic mass is 16.5. The van der Waals surface area contributed by atoms with Crippen LogP contribution in [0.2, 0.25) is 0 Å². The van der Waals surface area contributed by atoms with Crippen LogP contribution in [0, 0.1) is 0 Å². The molecule has 0 radical (unpaired) electrons. The highest BCUT2D eigenvalue weighted by Crippen LogP contribution is 2.07. The predicted octanol–water partition coefficient (Wildman–Crippen LogP) is 1.35. The summed E-state index contributed by atoms with van der Waals surface area (Å²) in [5.74, 6) is -0.507. The second kappa shape index (κ2) is 7.84. The van der Waals surface area contributed by atoms with Crippen molar-refractivity contribution in [1.82, 2.24) is 5.32 Å². The molecule has 0 aromatic heterocycles. The molecule has 1 rings (SSSR count). The van der Waals surface area contributed by atoms with Crippen LogP contribution < -0.4 is 5.32 Å². The maximum absolute atomic E-state index is 11.5. The molecule has 0 bridgehead atoms. The first-order valence-corrected chi connectivity index (χ1v) is 6.61. The zero-order chi connectivity index (χ0) is 13.4. The van der Waals surface area contributed by atoms with Crippen LogP contribution in [0.4, 0.5) is 0 Å². The van der Waals surface area contributed by atoms with Gasteiger partial charge in [0.25, 0.3) is 0 Å². The van der Waals surface area contributed by atoms with E-state index >= 15 is 0 Å². The Balaban J connectivity index is 2.12. The number of ketones is 1. The molecule has 1 fully saturated rings. The molecule has 0 unspecified atom stereocenters. The molecule has 18 heavy (non-hydrogen) atoms. The smallest absolute Gasteiger partial charge is 0.328 e. The molecule has 5 heteroatoms. The Morgan fingerprint density at radius 1 is 1.28 bits per heavy atom. The van der Waals surface area contributed by atoms with Crippen LogP contribution in [-0.4, -0.2) is 30.3 Å². The quantitative estimate of drug-likeness (QED) is 0.525. The molecule has 1 amide bonds. The van der Waals surface area contributed by atoms with E-state index < -0.39 is 6.04 Å². The molecule has 0 spiro atoms. The van der Waals surface area contributed by atoms with E-state index in [4.69, 9.17) is 4.74 Å². The molecule has 0 aromatic carbocycles. The van der Waals surface area contributed by atoms with E-state index in [0.29, 0.717) is 19.4 Å². The molecule has 1 N–H and O–H groups in total. The van der Waals surface area contributed by atoms with Gasteiger partial charge in [-0.1, -0.05) is 19.8 Å². The third kappa shape index (κ3) is 5.29. The SMILES string of the molecule is CCCCCC(=O)CCC(=O)N[C@H]1CCOC1=O. The third-order valence-electron chi connectivity index (χ3n) is 2.96. The molecule has 0 aromatic rings.